The normalized spacial score (nSPS) is 10.4. The first kappa shape index (κ1) is 10.2. The maximum absolute atomic E-state index is 11.4. The fourth-order valence-electron chi connectivity index (χ4n) is 0.957. The predicted molar refractivity (Wildman–Crippen MR) is 50.8 cm³/mol. The smallest absolute Gasteiger partial charge is 0.328 e. The lowest BCUT2D eigenvalue weighted by atomic mass is 10.4. The van der Waals surface area contributed by atoms with Gasteiger partial charge < -0.3 is 10.1 Å². The third-order valence-corrected chi connectivity index (χ3v) is 2.56. The van der Waals surface area contributed by atoms with E-state index in [4.69, 9.17) is 5.11 Å². The lowest BCUT2D eigenvalue weighted by Crippen LogP contribution is -2.37. The molecule has 0 aliphatic rings. The Kier molecular flexibility index (Phi) is 3.05. The van der Waals surface area contributed by atoms with Crippen LogP contribution in [0.2, 0.25) is 0 Å². The Morgan fingerprint density at radius 2 is 2.15 bits per heavy atom. The van der Waals surface area contributed by atoms with Gasteiger partial charge in [-0.05, 0) is 22.9 Å². The van der Waals surface area contributed by atoms with Crippen molar-refractivity contribution in [2.75, 3.05) is 6.61 Å². The quantitative estimate of drug-likeness (QED) is 0.748. The highest BCUT2D eigenvalue weighted by atomic mass is 79.9. The molecule has 1 rings (SSSR count). The van der Waals surface area contributed by atoms with E-state index in [1.807, 2.05) is 0 Å². The Morgan fingerprint density at radius 3 is 2.69 bits per heavy atom. The van der Waals surface area contributed by atoms with Gasteiger partial charge >= 0.3 is 5.69 Å². The molecule has 72 valence electrons. The first-order chi connectivity index (χ1) is 6.07. The van der Waals surface area contributed by atoms with Crippen LogP contribution in [0, 0.1) is 6.92 Å². The SMILES string of the molecule is Cc1[nH]c(=O)n(CCO)c(=O)c1Br. The van der Waals surface area contributed by atoms with Gasteiger partial charge in [0, 0.05) is 5.69 Å². The summed E-state index contributed by atoms with van der Waals surface area (Å²) in [4.78, 5) is 25.0. The molecule has 0 fully saturated rings. The highest BCUT2D eigenvalue weighted by Gasteiger charge is 2.07. The van der Waals surface area contributed by atoms with Crippen molar-refractivity contribution < 1.29 is 5.11 Å². The molecule has 0 saturated carbocycles. The molecule has 0 saturated heterocycles. The number of H-pyrrole nitrogens is 1. The van der Waals surface area contributed by atoms with Gasteiger partial charge in [0.05, 0.1) is 13.2 Å². The van der Waals surface area contributed by atoms with E-state index in [0.29, 0.717) is 10.2 Å². The van der Waals surface area contributed by atoms with E-state index in [1.54, 1.807) is 6.92 Å². The van der Waals surface area contributed by atoms with E-state index in [2.05, 4.69) is 20.9 Å². The number of nitrogens with zero attached hydrogens (tertiary/aromatic N) is 1. The van der Waals surface area contributed by atoms with E-state index in [0.717, 1.165) is 4.57 Å². The monoisotopic (exact) mass is 248 g/mol. The summed E-state index contributed by atoms with van der Waals surface area (Å²) >= 11 is 3.05. The minimum Gasteiger partial charge on any atom is -0.395 e. The molecule has 0 radical (unpaired) electrons. The van der Waals surface area contributed by atoms with Crippen LogP contribution in [0.5, 0.6) is 0 Å². The first-order valence-electron chi connectivity index (χ1n) is 3.68. The van der Waals surface area contributed by atoms with Crippen LogP contribution >= 0.6 is 15.9 Å². The van der Waals surface area contributed by atoms with E-state index in [-0.39, 0.29) is 13.2 Å². The average Bonchev–Trinajstić information content (AvgIpc) is 2.09. The number of aryl methyl sites for hydroxylation is 1. The van der Waals surface area contributed by atoms with Crippen molar-refractivity contribution in [1.82, 2.24) is 9.55 Å². The highest BCUT2D eigenvalue weighted by molar-refractivity contribution is 9.10. The molecule has 13 heavy (non-hydrogen) atoms. The molecule has 5 nitrogen and oxygen atoms in total. The number of aliphatic hydroxyl groups is 1. The van der Waals surface area contributed by atoms with Gasteiger partial charge in [-0.1, -0.05) is 0 Å². The second-order valence-electron chi connectivity index (χ2n) is 2.55. The topological polar surface area (TPSA) is 75.1 Å². The van der Waals surface area contributed by atoms with Crippen LogP contribution in [-0.4, -0.2) is 21.3 Å². The van der Waals surface area contributed by atoms with Crippen LogP contribution in [0.15, 0.2) is 14.1 Å². The molecule has 0 bridgehead atoms. The lowest BCUT2D eigenvalue weighted by Gasteiger charge is -2.03. The van der Waals surface area contributed by atoms with Crippen LogP contribution in [0.3, 0.4) is 0 Å². The van der Waals surface area contributed by atoms with Crippen LogP contribution < -0.4 is 11.2 Å². The van der Waals surface area contributed by atoms with Gasteiger partial charge in [-0.15, -0.1) is 0 Å². The molecule has 0 spiro atoms. The molecule has 1 heterocycles. The van der Waals surface area contributed by atoms with Crippen molar-refractivity contribution >= 4 is 15.9 Å². The third-order valence-electron chi connectivity index (χ3n) is 1.63. The number of aliphatic hydroxyl groups excluding tert-OH is 1. The number of hydrogen-bond donors (Lipinski definition) is 2. The van der Waals surface area contributed by atoms with Gasteiger partial charge in [0.1, 0.15) is 4.47 Å². The van der Waals surface area contributed by atoms with E-state index >= 15 is 0 Å². The van der Waals surface area contributed by atoms with Gasteiger partial charge in [0.2, 0.25) is 0 Å². The molecule has 2 N–H and O–H groups in total. The van der Waals surface area contributed by atoms with Gasteiger partial charge in [-0.25, -0.2) is 4.79 Å². The molecule has 0 aromatic carbocycles. The van der Waals surface area contributed by atoms with Crippen molar-refractivity contribution in [3.63, 3.8) is 0 Å². The molecule has 6 heteroatoms. The third kappa shape index (κ3) is 1.89. The van der Waals surface area contributed by atoms with Crippen LogP contribution in [0.25, 0.3) is 0 Å². The number of halogens is 1. The summed E-state index contributed by atoms with van der Waals surface area (Å²) in [5, 5.41) is 8.60. The zero-order chi connectivity index (χ0) is 10.0. The maximum atomic E-state index is 11.4. The Bertz CT molecular complexity index is 421. The fourth-order valence-corrected chi connectivity index (χ4v) is 1.27. The molecule has 0 aliphatic carbocycles. The zero-order valence-electron chi connectivity index (χ0n) is 7.00. The van der Waals surface area contributed by atoms with Crippen molar-refractivity contribution in [2.24, 2.45) is 0 Å². The second kappa shape index (κ2) is 3.89. The molecule has 1 aromatic rings. The summed E-state index contributed by atoms with van der Waals surface area (Å²) < 4.78 is 1.26. The van der Waals surface area contributed by atoms with Crippen molar-refractivity contribution in [2.45, 2.75) is 13.5 Å². The van der Waals surface area contributed by atoms with Gasteiger partial charge in [0.15, 0.2) is 0 Å². The van der Waals surface area contributed by atoms with E-state index < -0.39 is 11.2 Å². The summed E-state index contributed by atoms with van der Waals surface area (Å²) in [5.74, 6) is 0. The van der Waals surface area contributed by atoms with Gasteiger partial charge in [-0.3, -0.25) is 9.36 Å². The minimum absolute atomic E-state index is 0.00699. The maximum Gasteiger partial charge on any atom is 0.328 e. The van der Waals surface area contributed by atoms with Crippen LogP contribution in [0.1, 0.15) is 5.69 Å². The van der Waals surface area contributed by atoms with Crippen molar-refractivity contribution in [3.05, 3.63) is 31.0 Å². The Morgan fingerprint density at radius 1 is 1.54 bits per heavy atom. The average molecular weight is 249 g/mol. The number of hydrogen-bond acceptors (Lipinski definition) is 3. The molecule has 1 aromatic heterocycles. The molecular weight excluding hydrogens is 240 g/mol. The number of aromatic amines is 1. The summed E-state index contributed by atoms with van der Waals surface area (Å²) in [6.45, 7) is 1.39. The highest BCUT2D eigenvalue weighted by Crippen LogP contribution is 2.03. The van der Waals surface area contributed by atoms with Gasteiger partial charge in [-0.2, -0.15) is 0 Å². The summed E-state index contributed by atoms with van der Waals surface area (Å²) in [5.41, 5.74) is -0.431. The van der Waals surface area contributed by atoms with E-state index in [1.165, 1.54) is 0 Å². The standard InChI is InChI=1S/C7H9BrN2O3/c1-4-5(8)6(12)10(2-3-11)7(13)9-4/h11H,2-3H2,1H3,(H,9,13). The lowest BCUT2D eigenvalue weighted by molar-refractivity contribution is 0.271. The summed E-state index contributed by atoms with van der Waals surface area (Å²) in [7, 11) is 0. The van der Waals surface area contributed by atoms with Gasteiger partial charge in [0.25, 0.3) is 5.56 Å². The van der Waals surface area contributed by atoms with Crippen molar-refractivity contribution in [1.29, 1.82) is 0 Å². The zero-order valence-corrected chi connectivity index (χ0v) is 8.59. The molecule has 0 unspecified atom stereocenters. The Labute approximate surface area is 82.2 Å². The Hall–Kier alpha value is -0.880. The second-order valence-corrected chi connectivity index (χ2v) is 3.34. The van der Waals surface area contributed by atoms with Crippen molar-refractivity contribution in [3.8, 4) is 0 Å². The number of nitrogens with one attached hydrogen (secondary N) is 1. The minimum atomic E-state index is -0.500. The fraction of sp³-hybridized carbons (Fsp3) is 0.429. The van der Waals surface area contributed by atoms with Crippen LogP contribution in [0.4, 0.5) is 0 Å². The Balaban J connectivity index is 3.45. The largest absolute Gasteiger partial charge is 0.395 e. The number of aromatic nitrogens is 2. The summed E-state index contributed by atoms with van der Waals surface area (Å²) in [6, 6.07) is 0. The molecular formula is C7H9BrN2O3. The molecule has 0 aliphatic heterocycles. The summed E-state index contributed by atoms with van der Waals surface area (Å²) in [6.07, 6.45) is 0. The first-order valence-corrected chi connectivity index (χ1v) is 4.47. The molecule has 0 amide bonds. The predicted octanol–water partition coefficient (Wildman–Crippen LogP) is -0.400. The van der Waals surface area contributed by atoms with Crippen LogP contribution in [-0.2, 0) is 6.54 Å². The van der Waals surface area contributed by atoms with E-state index in [9.17, 15) is 9.59 Å². The number of rotatable bonds is 2. The molecule has 0 atom stereocenters.